The third-order valence-corrected chi connectivity index (χ3v) is 1.43. The van der Waals surface area contributed by atoms with E-state index < -0.39 is 0 Å². The molecular weight excluding hydrogens is 154 g/mol. The molecule has 1 aromatic heterocycles. The molecule has 4 heteroatoms. The molecule has 1 heterocycles. The van der Waals surface area contributed by atoms with Crippen molar-refractivity contribution in [3.05, 3.63) is 24.2 Å². The van der Waals surface area contributed by atoms with Gasteiger partial charge in [-0.2, -0.15) is 0 Å². The Morgan fingerprint density at radius 3 is 2.92 bits per heavy atom. The van der Waals surface area contributed by atoms with E-state index in [1.807, 2.05) is 6.92 Å². The van der Waals surface area contributed by atoms with E-state index in [-0.39, 0.29) is 0 Å². The number of aryl methyl sites for hydroxylation is 1. The molecule has 0 aliphatic heterocycles. The largest absolute Gasteiger partial charge is 0.495 e. The van der Waals surface area contributed by atoms with Crippen molar-refractivity contribution >= 4 is 11.6 Å². The molecule has 2 N–H and O–H groups in total. The number of nitrogens with zero attached hydrogens (tertiary/aromatic N) is 2. The van der Waals surface area contributed by atoms with Crippen LogP contribution in [-0.4, -0.2) is 17.1 Å². The normalized spacial score (nSPS) is 9.50. The number of methoxy groups -OCH3 is 1. The van der Waals surface area contributed by atoms with Crippen molar-refractivity contribution in [3.63, 3.8) is 0 Å². The molecule has 4 nitrogen and oxygen atoms in total. The molecule has 0 fully saturated rings. The third kappa shape index (κ3) is 1.53. The topological polar surface area (TPSA) is 61.0 Å². The first-order valence-electron chi connectivity index (χ1n) is 3.47. The molecule has 0 aliphatic rings. The minimum absolute atomic E-state index is 0.340. The minimum Gasteiger partial charge on any atom is -0.495 e. The van der Waals surface area contributed by atoms with E-state index in [9.17, 15) is 0 Å². The van der Waals surface area contributed by atoms with Gasteiger partial charge in [0, 0.05) is 0 Å². The summed E-state index contributed by atoms with van der Waals surface area (Å²) in [4.78, 5) is 8.05. The molecule has 1 rings (SSSR count). The monoisotopic (exact) mass is 165 g/mol. The van der Waals surface area contributed by atoms with Crippen LogP contribution in [0.15, 0.2) is 12.8 Å². The Balaban J connectivity index is 3.13. The summed E-state index contributed by atoms with van der Waals surface area (Å²) in [5.41, 5.74) is 6.85. The highest BCUT2D eigenvalue weighted by Gasteiger charge is 2.06. The summed E-state index contributed by atoms with van der Waals surface area (Å²) >= 11 is 0. The van der Waals surface area contributed by atoms with Crippen LogP contribution in [0.5, 0.6) is 0 Å². The summed E-state index contributed by atoms with van der Waals surface area (Å²) < 4.78 is 4.90. The molecule has 64 valence electrons. The Hall–Kier alpha value is -1.58. The van der Waals surface area contributed by atoms with E-state index in [2.05, 4.69) is 16.5 Å². The van der Waals surface area contributed by atoms with Gasteiger partial charge in [-0.15, -0.1) is 0 Å². The molecule has 0 aliphatic carbocycles. The summed E-state index contributed by atoms with van der Waals surface area (Å²) in [6, 6.07) is 0. The molecule has 0 unspecified atom stereocenters. The first kappa shape index (κ1) is 8.52. The summed E-state index contributed by atoms with van der Waals surface area (Å²) in [6.07, 6.45) is 1.60. The number of aromatic nitrogens is 2. The van der Waals surface area contributed by atoms with E-state index in [4.69, 9.17) is 10.5 Å². The van der Waals surface area contributed by atoms with Crippen molar-refractivity contribution in [2.45, 2.75) is 6.92 Å². The van der Waals surface area contributed by atoms with Crippen molar-refractivity contribution in [2.24, 2.45) is 0 Å². The Labute approximate surface area is 71.1 Å². The average molecular weight is 165 g/mol. The van der Waals surface area contributed by atoms with Gasteiger partial charge in [0.15, 0.2) is 5.82 Å². The van der Waals surface area contributed by atoms with Gasteiger partial charge in [0.25, 0.3) is 0 Å². The number of hydrogen-bond donors (Lipinski definition) is 1. The molecule has 0 spiro atoms. The Bertz CT molecular complexity index is 309. The van der Waals surface area contributed by atoms with Crippen molar-refractivity contribution in [3.8, 4) is 0 Å². The molecule has 12 heavy (non-hydrogen) atoms. The first-order chi connectivity index (χ1) is 5.65. The molecule has 0 atom stereocenters. The lowest BCUT2D eigenvalue weighted by Gasteiger charge is -2.05. The standard InChI is InChI=1S/C8H11N3O/c1-5-4-10-8(9)7(11-5)6(2)12-3/h4H,2H2,1,3H3,(H2,9,10). The van der Waals surface area contributed by atoms with Crippen LogP contribution in [0.2, 0.25) is 0 Å². The Morgan fingerprint density at radius 1 is 1.67 bits per heavy atom. The molecule has 1 aromatic rings. The van der Waals surface area contributed by atoms with Crippen LogP contribution in [0.3, 0.4) is 0 Å². The van der Waals surface area contributed by atoms with Crippen LogP contribution in [-0.2, 0) is 4.74 Å². The van der Waals surface area contributed by atoms with Gasteiger partial charge in [-0.3, -0.25) is 0 Å². The van der Waals surface area contributed by atoms with Gasteiger partial charge >= 0.3 is 0 Å². The number of nitrogens with two attached hydrogens (primary N) is 1. The van der Waals surface area contributed by atoms with Crippen LogP contribution >= 0.6 is 0 Å². The SMILES string of the molecule is C=C(OC)c1nc(C)cnc1N. The zero-order chi connectivity index (χ0) is 9.14. The van der Waals surface area contributed by atoms with Crippen molar-refractivity contribution in [1.82, 2.24) is 9.97 Å². The maximum Gasteiger partial charge on any atom is 0.153 e. The second-order valence-corrected chi connectivity index (χ2v) is 2.37. The zero-order valence-electron chi connectivity index (χ0n) is 7.16. The quantitative estimate of drug-likeness (QED) is 0.664. The second-order valence-electron chi connectivity index (χ2n) is 2.37. The fourth-order valence-electron chi connectivity index (χ4n) is 0.788. The molecule has 0 amide bonds. The fourth-order valence-corrected chi connectivity index (χ4v) is 0.788. The number of anilines is 1. The van der Waals surface area contributed by atoms with E-state index in [0.29, 0.717) is 17.3 Å². The van der Waals surface area contributed by atoms with Gasteiger partial charge in [-0.1, -0.05) is 6.58 Å². The molecule has 0 saturated carbocycles. The van der Waals surface area contributed by atoms with Gasteiger partial charge in [-0.05, 0) is 6.92 Å². The summed E-state index contributed by atoms with van der Waals surface area (Å²) in [5, 5.41) is 0. The first-order valence-corrected chi connectivity index (χ1v) is 3.47. The zero-order valence-corrected chi connectivity index (χ0v) is 7.16. The molecule has 0 saturated heterocycles. The van der Waals surface area contributed by atoms with E-state index in [0.717, 1.165) is 5.69 Å². The van der Waals surface area contributed by atoms with E-state index in [1.165, 1.54) is 7.11 Å². The van der Waals surface area contributed by atoms with Crippen molar-refractivity contribution < 1.29 is 4.74 Å². The van der Waals surface area contributed by atoms with E-state index in [1.54, 1.807) is 6.20 Å². The van der Waals surface area contributed by atoms with E-state index >= 15 is 0 Å². The average Bonchev–Trinajstić information content (AvgIpc) is 2.08. The maximum absolute atomic E-state index is 5.55. The predicted molar refractivity (Wildman–Crippen MR) is 47.2 cm³/mol. The summed E-state index contributed by atoms with van der Waals surface area (Å²) in [5.74, 6) is 0.774. The number of hydrogen-bond acceptors (Lipinski definition) is 4. The van der Waals surface area contributed by atoms with Gasteiger partial charge in [0.2, 0.25) is 0 Å². The number of rotatable bonds is 2. The smallest absolute Gasteiger partial charge is 0.153 e. The highest BCUT2D eigenvalue weighted by Crippen LogP contribution is 2.15. The van der Waals surface area contributed by atoms with Crippen LogP contribution in [0, 0.1) is 6.92 Å². The number of nitrogen functional groups attached to an aromatic ring is 1. The lowest BCUT2D eigenvalue weighted by Crippen LogP contribution is -2.02. The van der Waals surface area contributed by atoms with Crippen LogP contribution in [0.1, 0.15) is 11.4 Å². The van der Waals surface area contributed by atoms with Gasteiger partial charge in [0.1, 0.15) is 11.5 Å². The highest BCUT2D eigenvalue weighted by molar-refractivity contribution is 5.63. The van der Waals surface area contributed by atoms with Crippen molar-refractivity contribution in [2.75, 3.05) is 12.8 Å². The summed E-state index contributed by atoms with van der Waals surface area (Å²) in [7, 11) is 1.52. The molecule has 0 aromatic carbocycles. The Morgan fingerprint density at radius 2 is 2.33 bits per heavy atom. The minimum atomic E-state index is 0.340. The van der Waals surface area contributed by atoms with Gasteiger partial charge in [-0.25, -0.2) is 9.97 Å². The van der Waals surface area contributed by atoms with Crippen molar-refractivity contribution in [1.29, 1.82) is 0 Å². The van der Waals surface area contributed by atoms with Crippen LogP contribution in [0.25, 0.3) is 5.76 Å². The molecule has 0 bridgehead atoms. The van der Waals surface area contributed by atoms with Crippen LogP contribution < -0.4 is 5.73 Å². The lowest BCUT2D eigenvalue weighted by molar-refractivity contribution is 0.369. The number of ether oxygens (including phenoxy) is 1. The highest BCUT2D eigenvalue weighted by atomic mass is 16.5. The maximum atomic E-state index is 5.55. The Kier molecular flexibility index (Phi) is 2.28. The lowest BCUT2D eigenvalue weighted by atomic mass is 10.3. The molecule has 0 radical (unpaired) electrons. The van der Waals surface area contributed by atoms with Crippen LogP contribution in [0.4, 0.5) is 5.82 Å². The summed E-state index contributed by atoms with van der Waals surface area (Å²) in [6.45, 7) is 5.47. The second kappa shape index (κ2) is 3.21. The predicted octanol–water partition coefficient (Wildman–Crippen LogP) is 0.984. The molecular formula is C8H11N3O. The fraction of sp³-hybridized carbons (Fsp3) is 0.250. The van der Waals surface area contributed by atoms with Gasteiger partial charge in [0.05, 0.1) is 19.0 Å². The third-order valence-electron chi connectivity index (χ3n) is 1.43. The van der Waals surface area contributed by atoms with Gasteiger partial charge < -0.3 is 10.5 Å².